The summed E-state index contributed by atoms with van der Waals surface area (Å²) in [5.41, 5.74) is 3.81. The number of rotatable bonds is 1. The fourth-order valence-electron chi connectivity index (χ4n) is 2.48. The van der Waals surface area contributed by atoms with E-state index >= 15 is 0 Å². The van der Waals surface area contributed by atoms with Crippen molar-refractivity contribution in [1.82, 2.24) is 0 Å². The molecule has 2 rings (SSSR count). The predicted molar refractivity (Wildman–Crippen MR) is 94.5 cm³/mol. The first-order chi connectivity index (χ1) is 10.1. The number of carbonyl (C=O) groups is 1. The third-order valence-electron chi connectivity index (χ3n) is 3.91. The maximum atomic E-state index is 12.9. The van der Waals surface area contributed by atoms with Gasteiger partial charge in [-0.3, -0.25) is 4.79 Å². The Balaban J connectivity index is 2.56. The van der Waals surface area contributed by atoms with Crippen LogP contribution in [0.5, 0.6) is 0 Å². The Labute approximate surface area is 134 Å². The van der Waals surface area contributed by atoms with Crippen molar-refractivity contribution in [2.75, 3.05) is 0 Å². The number of carbonyl (C=O) groups excluding carboxylic acids is 1. The number of allylic oxidation sites excluding steroid dienone is 5. The highest BCUT2D eigenvalue weighted by Gasteiger charge is 2.31. The number of Topliss-reactive ketones (excluding diaryl/α,β-unsaturated/α-hetero) is 1. The first kappa shape index (κ1) is 16.5. The van der Waals surface area contributed by atoms with E-state index in [4.69, 9.17) is 0 Å². The molecule has 0 spiro atoms. The second-order valence-corrected chi connectivity index (χ2v) is 8.00. The molecule has 1 aromatic rings. The van der Waals surface area contributed by atoms with E-state index in [2.05, 4.69) is 47.6 Å². The van der Waals surface area contributed by atoms with E-state index in [0.717, 1.165) is 16.7 Å². The van der Waals surface area contributed by atoms with Crippen LogP contribution in [0.15, 0.2) is 59.2 Å². The van der Waals surface area contributed by atoms with Gasteiger partial charge < -0.3 is 0 Å². The van der Waals surface area contributed by atoms with Crippen LogP contribution in [0.1, 0.15) is 47.1 Å². The Morgan fingerprint density at radius 2 is 1.41 bits per heavy atom. The van der Waals surface area contributed by atoms with Gasteiger partial charge >= 0.3 is 0 Å². The summed E-state index contributed by atoms with van der Waals surface area (Å²) >= 11 is 0. The zero-order valence-electron chi connectivity index (χ0n) is 14.5. The van der Waals surface area contributed by atoms with Crippen LogP contribution >= 0.6 is 0 Å². The summed E-state index contributed by atoms with van der Waals surface area (Å²) in [7, 11) is 0. The minimum absolute atomic E-state index is 0.0208. The highest BCUT2D eigenvalue weighted by atomic mass is 16.1. The zero-order valence-corrected chi connectivity index (χ0v) is 14.5. The molecular formula is C21H26O. The molecule has 1 nitrogen and oxygen atoms in total. The molecule has 1 aliphatic carbocycles. The van der Waals surface area contributed by atoms with Crippen molar-refractivity contribution < 1.29 is 4.79 Å². The topological polar surface area (TPSA) is 17.1 Å². The quantitative estimate of drug-likeness (QED) is 0.616. The molecule has 0 unspecified atom stereocenters. The highest BCUT2D eigenvalue weighted by molar-refractivity contribution is 6.15. The van der Waals surface area contributed by atoms with E-state index < -0.39 is 0 Å². The lowest BCUT2D eigenvalue weighted by Gasteiger charge is -2.30. The summed E-state index contributed by atoms with van der Waals surface area (Å²) in [4.78, 5) is 12.9. The molecule has 0 N–H and O–H groups in total. The molecule has 1 heteroatoms. The van der Waals surface area contributed by atoms with Crippen molar-refractivity contribution in [2.45, 2.75) is 41.5 Å². The average molecular weight is 294 g/mol. The summed E-state index contributed by atoms with van der Waals surface area (Å²) in [5, 5.41) is 0. The standard InChI is InChI=1S/C21H26O/c1-20(2,3)17-13-16(12-15-10-8-7-9-11-15)19(22)18(14-17)21(4,5)6/h7-14H,1-6H3/b16-12+. The highest BCUT2D eigenvalue weighted by Crippen LogP contribution is 2.38. The van der Waals surface area contributed by atoms with E-state index in [1.807, 2.05) is 42.5 Å². The number of ketones is 1. The number of hydrogen-bond donors (Lipinski definition) is 0. The van der Waals surface area contributed by atoms with E-state index in [1.54, 1.807) is 0 Å². The van der Waals surface area contributed by atoms with Gasteiger partial charge in [0.15, 0.2) is 5.78 Å². The lowest BCUT2D eigenvalue weighted by atomic mass is 9.73. The molecule has 22 heavy (non-hydrogen) atoms. The number of hydrogen-bond acceptors (Lipinski definition) is 1. The lowest BCUT2D eigenvalue weighted by molar-refractivity contribution is -0.112. The third-order valence-corrected chi connectivity index (χ3v) is 3.91. The zero-order chi connectivity index (χ0) is 16.5. The molecular weight excluding hydrogens is 268 g/mol. The van der Waals surface area contributed by atoms with Gasteiger partial charge in [0.2, 0.25) is 0 Å². The minimum atomic E-state index is -0.155. The Bertz CT molecular complexity index is 656. The van der Waals surface area contributed by atoms with Gasteiger partial charge in [0.1, 0.15) is 0 Å². The summed E-state index contributed by atoms with van der Waals surface area (Å²) in [6, 6.07) is 10.0. The summed E-state index contributed by atoms with van der Waals surface area (Å²) in [5.74, 6) is 0.143. The Kier molecular flexibility index (Phi) is 4.28. The first-order valence-corrected chi connectivity index (χ1v) is 7.85. The Morgan fingerprint density at radius 1 is 0.818 bits per heavy atom. The molecule has 0 atom stereocenters. The first-order valence-electron chi connectivity index (χ1n) is 7.85. The second kappa shape index (κ2) is 5.72. The molecule has 0 aliphatic heterocycles. The lowest BCUT2D eigenvalue weighted by Crippen LogP contribution is -2.24. The molecule has 1 aliphatic rings. The predicted octanol–water partition coefficient (Wildman–Crippen LogP) is 5.60. The van der Waals surface area contributed by atoms with E-state index in [1.165, 1.54) is 5.57 Å². The van der Waals surface area contributed by atoms with Gasteiger partial charge in [-0.15, -0.1) is 0 Å². The van der Waals surface area contributed by atoms with Crippen LogP contribution in [0.25, 0.3) is 6.08 Å². The van der Waals surface area contributed by atoms with Crippen LogP contribution in [0.4, 0.5) is 0 Å². The van der Waals surface area contributed by atoms with Gasteiger partial charge in [-0.05, 0) is 34.1 Å². The van der Waals surface area contributed by atoms with Crippen molar-refractivity contribution in [3.63, 3.8) is 0 Å². The molecule has 0 saturated heterocycles. The van der Waals surface area contributed by atoms with Crippen molar-refractivity contribution in [3.05, 3.63) is 64.8 Å². The fourth-order valence-corrected chi connectivity index (χ4v) is 2.48. The van der Waals surface area contributed by atoms with Gasteiger partial charge in [0.25, 0.3) is 0 Å². The number of benzene rings is 1. The Morgan fingerprint density at radius 3 is 1.91 bits per heavy atom. The maximum Gasteiger partial charge on any atom is 0.189 e. The van der Waals surface area contributed by atoms with Gasteiger partial charge in [-0.1, -0.05) is 78.0 Å². The molecule has 116 valence electrons. The third kappa shape index (κ3) is 3.65. The minimum Gasteiger partial charge on any atom is -0.289 e. The van der Waals surface area contributed by atoms with Gasteiger partial charge in [0.05, 0.1) is 0 Å². The van der Waals surface area contributed by atoms with Crippen molar-refractivity contribution >= 4 is 11.9 Å². The SMILES string of the molecule is CC(C)(C)C1=C/C(=C\c2ccccc2)C(=O)C(C(C)(C)C)=C1. The van der Waals surface area contributed by atoms with Gasteiger partial charge in [0, 0.05) is 11.1 Å². The van der Waals surface area contributed by atoms with Crippen LogP contribution in [-0.2, 0) is 4.79 Å². The molecule has 0 saturated carbocycles. The van der Waals surface area contributed by atoms with Crippen molar-refractivity contribution in [2.24, 2.45) is 10.8 Å². The molecule has 0 heterocycles. The Hall–Kier alpha value is -1.89. The molecule has 0 bridgehead atoms. The molecule has 0 fully saturated rings. The van der Waals surface area contributed by atoms with Crippen LogP contribution in [0.2, 0.25) is 0 Å². The molecule has 1 aromatic carbocycles. The van der Waals surface area contributed by atoms with Crippen molar-refractivity contribution in [1.29, 1.82) is 0 Å². The summed E-state index contributed by atoms with van der Waals surface area (Å²) in [6.07, 6.45) is 6.13. The van der Waals surface area contributed by atoms with Crippen LogP contribution < -0.4 is 0 Å². The maximum absolute atomic E-state index is 12.9. The van der Waals surface area contributed by atoms with Crippen LogP contribution in [0, 0.1) is 10.8 Å². The fraction of sp³-hybridized carbons (Fsp3) is 0.381. The molecule has 0 radical (unpaired) electrons. The van der Waals surface area contributed by atoms with Crippen LogP contribution in [0.3, 0.4) is 0 Å². The largest absolute Gasteiger partial charge is 0.289 e. The van der Waals surface area contributed by atoms with Gasteiger partial charge in [-0.2, -0.15) is 0 Å². The van der Waals surface area contributed by atoms with Crippen molar-refractivity contribution in [3.8, 4) is 0 Å². The second-order valence-electron chi connectivity index (χ2n) is 8.00. The smallest absolute Gasteiger partial charge is 0.189 e. The average Bonchev–Trinajstić information content (AvgIpc) is 2.39. The molecule has 0 amide bonds. The van der Waals surface area contributed by atoms with E-state index in [9.17, 15) is 4.79 Å². The summed E-state index contributed by atoms with van der Waals surface area (Å²) in [6.45, 7) is 12.9. The van der Waals surface area contributed by atoms with E-state index in [0.29, 0.717) is 0 Å². The monoisotopic (exact) mass is 294 g/mol. The summed E-state index contributed by atoms with van der Waals surface area (Å²) < 4.78 is 0. The normalized spacial score (nSPS) is 18.3. The molecule has 0 aromatic heterocycles. The van der Waals surface area contributed by atoms with Crippen LogP contribution in [-0.4, -0.2) is 5.78 Å². The van der Waals surface area contributed by atoms with E-state index in [-0.39, 0.29) is 16.6 Å². The van der Waals surface area contributed by atoms with Gasteiger partial charge in [-0.25, -0.2) is 0 Å².